The largest absolute Gasteiger partial charge is 0.326 e. The molecule has 3 rings (SSSR count). The molecular formula is C21H26N4O2. The highest BCUT2D eigenvalue weighted by Gasteiger charge is 2.33. The fourth-order valence-electron chi connectivity index (χ4n) is 3.17. The summed E-state index contributed by atoms with van der Waals surface area (Å²) in [5, 5.41) is 5.83. The molecule has 2 atom stereocenters. The van der Waals surface area contributed by atoms with Crippen LogP contribution in [0, 0.1) is 11.8 Å². The van der Waals surface area contributed by atoms with Gasteiger partial charge in [0.15, 0.2) is 0 Å². The maximum absolute atomic E-state index is 12.7. The van der Waals surface area contributed by atoms with E-state index >= 15 is 0 Å². The van der Waals surface area contributed by atoms with E-state index in [4.69, 9.17) is 0 Å². The van der Waals surface area contributed by atoms with Crippen LogP contribution in [0.25, 0.3) is 0 Å². The molecule has 0 saturated carbocycles. The van der Waals surface area contributed by atoms with Gasteiger partial charge in [0.25, 0.3) is 0 Å². The highest BCUT2D eigenvalue weighted by molar-refractivity contribution is 5.94. The first-order valence-electron chi connectivity index (χ1n) is 9.27. The van der Waals surface area contributed by atoms with Crippen LogP contribution < -0.4 is 21.5 Å². The number of carbonyl (C=O) groups excluding carboxylic acids is 2. The zero-order valence-corrected chi connectivity index (χ0v) is 15.7. The molecule has 0 bridgehead atoms. The zero-order chi connectivity index (χ0) is 19.2. The molecule has 0 aromatic heterocycles. The third kappa shape index (κ3) is 5.15. The monoisotopic (exact) mass is 366 g/mol. The summed E-state index contributed by atoms with van der Waals surface area (Å²) in [7, 11) is 0. The Labute approximate surface area is 159 Å². The van der Waals surface area contributed by atoms with E-state index in [-0.39, 0.29) is 23.8 Å². The minimum absolute atomic E-state index is 0.00408. The van der Waals surface area contributed by atoms with Crippen molar-refractivity contribution in [3.63, 3.8) is 0 Å². The summed E-state index contributed by atoms with van der Waals surface area (Å²) in [5.41, 5.74) is 8.76. The Hall–Kier alpha value is -2.70. The first-order valence-corrected chi connectivity index (χ1v) is 9.27. The van der Waals surface area contributed by atoms with Crippen LogP contribution in [0.5, 0.6) is 0 Å². The Balaban J connectivity index is 1.60. The molecular weight excluding hydrogens is 340 g/mol. The van der Waals surface area contributed by atoms with Crippen LogP contribution in [0.4, 0.5) is 11.4 Å². The van der Waals surface area contributed by atoms with Crippen LogP contribution in [0.3, 0.4) is 0 Å². The Kier molecular flexibility index (Phi) is 6.21. The maximum atomic E-state index is 12.7. The van der Waals surface area contributed by atoms with E-state index in [9.17, 15) is 9.59 Å². The smallest absolute Gasteiger partial charge is 0.230 e. The Morgan fingerprint density at radius 2 is 1.63 bits per heavy atom. The third-order valence-corrected chi connectivity index (χ3v) is 4.51. The molecule has 1 saturated heterocycles. The lowest BCUT2D eigenvalue weighted by Crippen LogP contribution is -2.29. The lowest BCUT2D eigenvalue weighted by Gasteiger charge is -2.18. The maximum Gasteiger partial charge on any atom is 0.230 e. The topological polar surface area (TPSA) is 82.3 Å². The lowest BCUT2D eigenvalue weighted by atomic mass is 9.94. The molecule has 0 aliphatic carbocycles. The van der Waals surface area contributed by atoms with Crippen LogP contribution in [-0.2, 0) is 9.59 Å². The van der Waals surface area contributed by atoms with Crippen molar-refractivity contribution in [2.45, 2.75) is 26.3 Å². The normalized spacial score (nSPS) is 19.1. The Bertz CT molecular complexity index is 775. The highest BCUT2D eigenvalue weighted by Crippen LogP contribution is 2.26. The first kappa shape index (κ1) is 19.1. The second-order valence-corrected chi connectivity index (χ2v) is 7.23. The minimum atomic E-state index is -0.210. The molecule has 2 unspecified atom stereocenters. The third-order valence-electron chi connectivity index (χ3n) is 4.51. The van der Waals surface area contributed by atoms with Gasteiger partial charge in [0.05, 0.1) is 12.0 Å². The second-order valence-electron chi connectivity index (χ2n) is 7.23. The van der Waals surface area contributed by atoms with E-state index < -0.39 is 0 Å². The molecule has 2 amide bonds. The van der Waals surface area contributed by atoms with E-state index in [0.29, 0.717) is 24.6 Å². The average molecular weight is 366 g/mol. The van der Waals surface area contributed by atoms with E-state index in [2.05, 4.69) is 21.5 Å². The van der Waals surface area contributed by atoms with E-state index in [0.717, 1.165) is 11.3 Å². The van der Waals surface area contributed by atoms with Crippen molar-refractivity contribution in [3.8, 4) is 0 Å². The van der Waals surface area contributed by atoms with Crippen LogP contribution in [0.15, 0.2) is 54.6 Å². The molecule has 142 valence electrons. The number of rotatable bonds is 6. The molecule has 4 N–H and O–H groups in total. The zero-order valence-electron chi connectivity index (χ0n) is 15.7. The van der Waals surface area contributed by atoms with Gasteiger partial charge in [-0.05, 0) is 35.7 Å². The van der Waals surface area contributed by atoms with Gasteiger partial charge in [-0.3, -0.25) is 15.0 Å². The van der Waals surface area contributed by atoms with Gasteiger partial charge in [0.2, 0.25) is 11.8 Å². The number of hydrogen-bond donors (Lipinski definition) is 4. The summed E-state index contributed by atoms with van der Waals surface area (Å²) in [4.78, 5) is 24.6. The molecule has 0 spiro atoms. The second kappa shape index (κ2) is 8.79. The fraction of sp³-hybridized carbons (Fsp3) is 0.333. The van der Waals surface area contributed by atoms with Gasteiger partial charge >= 0.3 is 0 Å². The molecule has 0 radical (unpaired) electrons. The number of benzene rings is 2. The molecule has 6 heteroatoms. The summed E-state index contributed by atoms with van der Waals surface area (Å²) in [6, 6.07) is 17.1. The van der Waals surface area contributed by atoms with Gasteiger partial charge in [-0.25, -0.2) is 5.43 Å². The number of amides is 2. The quantitative estimate of drug-likeness (QED) is 0.633. The van der Waals surface area contributed by atoms with Crippen molar-refractivity contribution in [2.24, 2.45) is 11.8 Å². The molecule has 1 fully saturated rings. The Morgan fingerprint density at radius 3 is 2.26 bits per heavy atom. The van der Waals surface area contributed by atoms with Crippen LogP contribution in [0.1, 0.15) is 31.9 Å². The highest BCUT2D eigenvalue weighted by atomic mass is 16.2. The van der Waals surface area contributed by atoms with Crippen LogP contribution in [-0.4, -0.2) is 18.4 Å². The fourth-order valence-corrected chi connectivity index (χ4v) is 3.17. The van der Waals surface area contributed by atoms with Gasteiger partial charge < -0.3 is 10.6 Å². The average Bonchev–Trinajstić information content (AvgIpc) is 3.13. The summed E-state index contributed by atoms with van der Waals surface area (Å²) >= 11 is 0. The predicted molar refractivity (Wildman–Crippen MR) is 107 cm³/mol. The van der Waals surface area contributed by atoms with Crippen molar-refractivity contribution in [1.82, 2.24) is 10.9 Å². The van der Waals surface area contributed by atoms with Crippen LogP contribution >= 0.6 is 0 Å². The molecule has 27 heavy (non-hydrogen) atoms. The lowest BCUT2D eigenvalue weighted by molar-refractivity contribution is -0.120. The summed E-state index contributed by atoms with van der Waals surface area (Å²) in [6.07, 6.45) is 0.487. The van der Waals surface area contributed by atoms with E-state index in [1.54, 1.807) is 24.3 Å². The number of carbonyl (C=O) groups is 2. The standard InChI is InChI=1S/C21H26N4O2/c1-14(2)12-19(26)23-16-8-10-17(11-9-16)24-21(27)18-13-22-25-20(18)15-6-4-3-5-7-15/h3-11,14,18,20,22,25H,12-13H2,1-2H3,(H,23,26)(H,24,27). The van der Waals surface area contributed by atoms with Gasteiger partial charge in [0, 0.05) is 24.3 Å². The van der Waals surface area contributed by atoms with Crippen molar-refractivity contribution in [3.05, 3.63) is 60.2 Å². The number of anilines is 2. The molecule has 1 aliphatic rings. The number of hydrazine groups is 1. The summed E-state index contributed by atoms with van der Waals surface area (Å²) in [6.45, 7) is 4.58. The van der Waals surface area contributed by atoms with E-state index in [1.807, 2.05) is 44.2 Å². The summed E-state index contributed by atoms with van der Waals surface area (Å²) in [5.74, 6) is 0.0566. The van der Waals surface area contributed by atoms with Crippen LogP contribution in [0.2, 0.25) is 0 Å². The van der Waals surface area contributed by atoms with Gasteiger partial charge in [-0.15, -0.1) is 0 Å². The Morgan fingerprint density at radius 1 is 1.00 bits per heavy atom. The van der Waals surface area contributed by atoms with Crippen molar-refractivity contribution in [2.75, 3.05) is 17.2 Å². The molecule has 6 nitrogen and oxygen atoms in total. The first-order chi connectivity index (χ1) is 13.0. The van der Waals surface area contributed by atoms with Gasteiger partial charge in [-0.1, -0.05) is 44.2 Å². The minimum Gasteiger partial charge on any atom is -0.326 e. The van der Waals surface area contributed by atoms with Crippen molar-refractivity contribution in [1.29, 1.82) is 0 Å². The molecule has 2 aromatic carbocycles. The predicted octanol–water partition coefficient (Wildman–Crippen LogP) is 3.08. The van der Waals surface area contributed by atoms with E-state index in [1.165, 1.54) is 0 Å². The van der Waals surface area contributed by atoms with Gasteiger partial charge in [0.1, 0.15) is 0 Å². The number of nitrogens with one attached hydrogen (secondary N) is 4. The SMILES string of the molecule is CC(C)CC(=O)Nc1ccc(NC(=O)C2CNNC2c2ccccc2)cc1. The van der Waals surface area contributed by atoms with Gasteiger partial charge in [-0.2, -0.15) is 0 Å². The molecule has 2 aromatic rings. The van der Waals surface area contributed by atoms with Crippen molar-refractivity contribution < 1.29 is 9.59 Å². The molecule has 1 heterocycles. The summed E-state index contributed by atoms with van der Waals surface area (Å²) < 4.78 is 0. The number of hydrogen-bond acceptors (Lipinski definition) is 4. The van der Waals surface area contributed by atoms with Crippen molar-refractivity contribution >= 4 is 23.2 Å². The molecule has 1 aliphatic heterocycles.